The predicted octanol–water partition coefficient (Wildman–Crippen LogP) is 2.95. The number of halogens is 2. The van der Waals surface area contributed by atoms with Crippen molar-refractivity contribution in [3.8, 4) is 17.9 Å². The Hall–Kier alpha value is -2.49. The highest BCUT2D eigenvalue weighted by Crippen LogP contribution is 2.24. The minimum Gasteiger partial charge on any atom is -0.508 e. The Kier molecular flexibility index (Phi) is 7.91. The van der Waals surface area contributed by atoms with Gasteiger partial charge in [0.15, 0.2) is 0 Å². The van der Waals surface area contributed by atoms with Gasteiger partial charge in [-0.25, -0.2) is 12.9 Å². The van der Waals surface area contributed by atoms with Crippen LogP contribution in [0.2, 0.25) is 5.02 Å². The van der Waals surface area contributed by atoms with Crippen molar-refractivity contribution in [2.45, 2.75) is 11.3 Å². The van der Waals surface area contributed by atoms with Crippen LogP contribution in [-0.4, -0.2) is 38.4 Å². The molecular weight excluding hydrogens is 405 g/mol. The van der Waals surface area contributed by atoms with Gasteiger partial charge >= 0.3 is 0 Å². The summed E-state index contributed by atoms with van der Waals surface area (Å²) in [7, 11) is -1.36. The molecule has 1 heterocycles. The third kappa shape index (κ3) is 5.51. The summed E-state index contributed by atoms with van der Waals surface area (Å²) in [6.45, 7) is 1.38. The van der Waals surface area contributed by atoms with Crippen LogP contribution in [-0.2, 0) is 11.0 Å². The molecule has 9 heteroatoms. The molecule has 0 bridgehead atoms. The molecule has 2 N–H and O–H groups in total. The summed E-state index contributed by atoms with van der Waals surface area (Å²) >= 11 is 5.81. The van der Waals surface area contributed by atoms with E-state index >= 15 is 0 Å². The molecule has 0 aromatic heterocycles. The van der Waals surface area contributed by atoms with Gasteiger partial charge in [0.05, 0.1) is 16.0 Å². The maximum absolute atomic E-state index is 12.5. The maximum atomic E-state index is 12.5. The first-order valence-electron chi connectivity index (χ1n) is 8.25. The van der Waals surface area contributed by atoms with Crippen molar-refractivity contribution in [3.63, 3.8) is 0 Å². The number of aliphatic hydroxyl groups is 1. The molecule has 1 aliphatic heterocycles. The Morgan fingerprint density at radius 3 is 2.50 bits per heavy atom. The van der Waals surface area contributed by atoms with Gasteiger partial charge in [0, 0.05) is 30.8 Å². The molecule has 0 amide bonds. The summed E-state index contributed by atoms with van der Waals surface area (Å²) in [4.78, 5) is 0.487. The fourth-order valence-electron chi connectivity index (χ4n) is 2.57. The van der Waals surface area contributed by atoms with Crippen molar-refractivity contribution in [1.82, 2.24) is 4.31 Å². The zero-order valence-corrected chi connectivity index (χ0v) is 16.3. The lowest BCUT2D eigenvalue weighted by Crippen LogP contribution is -2.24. The van der Waals surface area contributed by atoms with Crippen molar-refractivity contribution in [3.05, 3.63) is 58.4 Å². The number of hydrogen-bond acceptors (Lipinski definition) is 5. The zero-order chi connectivity index (χ0) is 20.7. The summed E-state index contributed by atoms with van der Waals surface area (Å²) in [6, 6.07) is 11.8. The molecule has 1 saturated heterocycles. The molecule has 1 aliphatic rings. The minimum atomic E-state index is -1.36. The third-order valence-corrected chi connectivity index (χ3v) is 5.83. The third-order valence-electron chi connectivity index (χ3n) is 4.06. The van der Waals surface area contributed by atoms with Gasteiger partial charge < -0.3 is 10.2 Å². The first-order chi connectivity index (χ1) is 13.4. The number of aliphatic hydroxyl groups excluding tert-OH is 1. The maximum Gasteiger partial charge on any atom is 0.144 e. The van der Waals surface area contributed by atoms with Crippen LogP contribution in [0.25, 0.3) is 0 Å². The van der Waals surface area contributed by atoms with Gasteiger partial charge in [-0.05, 0) is 42.7 Å². The van der Waals surface area contributed by atoms with Crippen LogP contribution in [0.1, 0.15) is 17.5 Å². The molecule has 2 atom stereocenters. The lowest BCUT2D eigenvalue weighted by atomic mass is 10.1. The minimum absolute atomic E-state index is 0.0576. The molecule has 0 spiro atoms. The first kappa shape index (κ1) is 21.8. The molecule has 0 aliphatic carbocycles. The van der Waals surface area contributed by atoms with Crippen LogP contribution in [0.5, 0.6) is 5.75 Å². The Morgan fingerprint density at radius 1 is 1.21 bits per heavy atom. The topological polar surface area (TPSA) is 108 Å². The second-order valence-corrected chi connectivity index (χ2v) is 7.89. The van der Waals surface area contributed by atoms with E-state index in [1.54, 1.807) is 22.5 Å². The number of nitriles is 2. The molecule has 146 valence electrons. The van der Waals surface area contributed by atoms with Crippen LogP contribution in [0.15, 0.2) is 41.3 Å². The molecule has 0 radical (unpaired) electrons. The molecule has 1 fully saturated rings. The summed E-state index contributed by atoms with van der Waals surface area (Å²) in [6.07, 6.45) is 0.831. The average molecular weight is 422 g/mol. The van der Waals surface area contributed by atoms with E-state index in [0.717, 1.165) is 12.5 Å². The lowest BCUT2D eigenvalue weighted by molar-refractivity contribution is 0.233. The van der Waals surface area contributed by atoms with E-state index in [1.165, 1.54) is 18.2 Å². The highest BCUT2D eigenvalue weighted by atomic mass is 35.5. The van der Waals surface area contributed by atoms with Crippen molar-refractivity contribution in [1.29, 1.82) is 10.5 Å². The molecule has 2 aromatic rings. The van der Waals surface area contributed by atoms with Crippen LogP contribution < -0.4 is 0 Å². The van der Waals surface area contributed by atoms with Gasteiger partial charge in [0.25, 0.3) is 0 Å². The molecular formula is C19H17ClFN3O3S. The van der Waals surface area contributed by atoms with Gasteiger partial charge in [-0.1, -0.05) is 11.6 Å². The predicted molar refractivity (Wildman–Crippen MR) is 102 cm³/mol. The highest BCUT2D eigenvalue weighted by Gasteiger charge is 2.27. The van der Waals surface area contributed by atoms with Crippen LogP contribution in [0.4, 0.5) is 4.39 Å². The standard InChI is InChI=1S/C12H13ClN2O2S.C7H4FNO/c13-11-1-2-12(10(5-11)6-14)18(17)15-4-3-9(7-15)8-16;8-7-3-6(10)2-1-5(7)4-9/h1-2,5,9,16H,3-4,7-8H2;1-3,10H. The van der Waals surface area contributed by atoms with Gasteiger partial charge in [0.2, 0.25) is 0 Å². The summed E-state index contributed by atoms with van der Waals surface area (Å²) in [5, 5.41) is 35.5. The van der Waals surface area contributed by atoms with Crippen LogP contribution in [0.3, 0.4) is 0 Å². The van der Waals surface area contributed by atoms with Crippen LogP contribution in [0, 0.1) is 34.4 Å². The van der Waals surface area contributed by atoms with E-state index in [-0.39, 0.29) is 23.8 Å². The van der Waals surface area contributed by atoms with Crippen molar-refractivity contribution in [2.75, 3.05) is 19.7 Å². The molecule has 6 nitrogen and oxygen atoms in total. The fraction of sp³-hybridized carbons (Fsp3) is 0.263. The second kappa shape index (κ2) is 10.2. The van der Waals surface area contributed by atoms with E-state index in [9.17, 15) is 8.60 Å². The van der Waals surface area contributed by atoms with E-state index < -0.39 is 16.8 Å². The number of phenols is 1. The van der Waals surface area contributed by atoms with Gasteiger partial charge in [0.1, 0.15) is 34.7 Å². The SMILES string of the molecule is N#Cc1cc(Cl)ccc1S(=O)N1CCC(CO)C1.N#Cc1ccc(O)cc1F. The van der Waals surface area contributed by atoms with Crippen LogP contribution >= 0.6 is 11.6 Å². The Labute approximate surface area is 169 Å². The van der Waals surface area contributed by atoms with E-state index in [2.05, 4.69) is 0 Å². The van der Waals surface area contributed by atoms with Gasteiger partial charge in [-0.15, -0.1) is 0 Å². The number of rotatable bonds is 3. The molecule has 2 aromatic carbocycles. The Morgan fingerprint density at radius 2 is 1.93 bits per heavy atom. The average Bonchev–Trinajstić information content (AvgIpc) is 3.17. The second-order valence-electron chi connectivity index (χ2n) is 6.00. The first-order valence-corrected chi connectivity index (χ1v) is 9.74. The monoisotopic (exact) mass is 421 g/mol. The van der Waals surface area contributed by atoms with Crippen molar-refractivity contribution < 1.29 is 18.8 Å². The highest BCUT2D eigenvalue weighted by molar-refractivity contribution is 7.82. The molecule has 2 unspecified atom stereocenters. The summed E-state index contributed by atoms with van der Waals surface area (Å²) < 4.78 is 26.6. The molecule has 28 heavy (non-hydrogen) atoms. The fourth-order valence-corrected chi connectivity index (χ4v) is 4.12. The van der Waals surface area contributed by atoms with Gasteiger partial charge in [-0.3, -0.25) is 0 Å². The zero-order valence-electron chi connectivity index (χ0n) is 14.7. The Balaban J connectivity index is 0.000000237. The summed E-state index contributed by atoms with van der Waals surface area (Å²) in [5.74, 6) is -0.689. The Bertz CT molecular complexity index is 958. The van der Waals surface area contributed by atoms with E-state index in [0.29, 0.717) is 28.6 Å². The molecule has 3 rings (SSSR count). The number of nitrogens with zero attached hydrogens (tertiary/aromatic N) is 3. The molecule has 0 saturated carbocycles. The summed E-state index contributed by atoms with van der Waals surface area (Å²) in [5.41, 5.74) is 0.283. The van der Waals surface area contributed by atoms with Crippen molar-refractivity contribution >= 4 is 22.6 Å². The largest absolute Gasteiger partial charge is 0.508 e. The lowest BCUT2D eigenvalue weighted by Gasteiger charge is -2.15. The number of hydrogen-bond donors (Lipinski definition) is 2. The number of phenolic OH excluding ortho intramolecular Hbond substituents is 1. The van der Waals surface area contributed by atoms with Crippen molar-refractivity contribution in [2.24, 2.45) is 5.92 Å². The smallest absolute Gasteiger partial charge is 0.144 e. The quantitative estimate of drug-likeness (QED) is 0.792. The van der Waals surface area contributed by atoms with E-state index in [4.69, 9.17) is 32.3 Å². The number of benzene rings is 2. The number of aromatic hydroxyl groups is 1. The normalized spacial score (nSPS) is 17.1. The van der Waals surface area contributed by atoms with Gasteiger partial charge in [-0.2, -0.15) is 10.5 Å². The van der Waals surface area contributed by atoms with E-state index in [1.807, 2.05) is 6.07 Å².